The monoisotopic (exact) mass is 256 g/mol. The van der Waals surface area contributed by atoms with E-state index < -0.39 is 11.9 Å². The molecule has 5 heteroatoms. The molecule has 0 aliphatic rings. The Kier molecular flexibility index (Phi) is 13.3. The van der Waals surface area contributed by atoms with E-state index >= 15 is 0 Å². The lowest BCUT2D eigenvalue weighted by Gasteiger charge is -2.03. The van der Waals surface area contributed by atoms with E-state index in [0.717, 1.165) is 6.08 Å². The maximum atomic E-state index is 10.8. The largest absolute Gasteiger partial charge is 0.505 e. The van der Waals surface area contributed by atoms with Crippen molar-refractivity contribution < 1.29 is 23.8 Å². The normalized spacial score (nSPS) is 8.83. The highest BCUT2D eigenvalue weighted by atomic mass is 16.6. The first kappa shape index (κ1) is 18.3. The van der Waals surface area contributed by atoms with Crippen LogP contribution in [0.2, 0.25) is 0 Å². The molecule has 0 saturated carbocycles. The molecule has 0 aromatic carbocycles. The maximum Gasteiger partial charge on any atom is 0.333 e. The molecule has 0 spiro atoms. The van der Waals surface area contributed by atoms with Gasteiger partial charge in [0.25, 0.3) is 0 Å². The quantitative estimate of drug-likeness (QED) is 0.315. The fourth-order valence-electron chi connectivity index (χ4n) is 0.595. The van der Waals surface area contributed by atoms with Crippen molar-refractivity contribution in [3.8, 4) is 0 Å². The van der Waals surface area contributed by atoms with Gasteiger partial charge in [0, 0.05) is 11.6 Å². The fraction of sp³-hybridized carbons (Fsp3) is 0.385. The second-order valence-electron chi connectivity index (χ2n) is 2.99. The summed E-state index contributed by atoms with van der Waals surface area (Å²) in [6, 6.07) is 0. The summed E-state index contributed by atoms with van der Waals surface area (Å²) in [5, 5.41) is 0. The van der Waals surface area contributed by atoms with Gasteiger partial charge in [0.15, 0.2) is 0 Å². The SMILES string of the molecule is C/C=C/OC.C=CC(=O)OCCOC(=O)C(=C)C. The summed E-state index contributed by atoms with van der Waals surface area (Å²) < 4.78 is 13.7. The minimum Gasteiger partial charge on any atom is -0.505 e. The van der Waals surface area contributed by atoms with E-state index in [9.17, 15) is 9.59 Å². The van der Waals surface area contributed by atoms with E-state index in [-0.39, 0.29) is 13.2 Å². The molecule has 0 rings (SSSR count). The molecule has 5 nitrogen and oxygen atoms in total. The molecule has 0 aromatic heterocycles. The molecular weight excluding hydrogens is 236 g/mol. The van der Waals surface area contributed by atoms with Crippen molar-refractivity contribution in [1.82, 2.24) is 0 Å². The van der Waals surface area contributed by atoms with Gasteiger partial charge >= 0.3 is 11.9 Å². The van der Waals surface area contributed by atoms with Gasteiger partial charge < -0.3 is 14.2 Å². The zero-order valence-corrected chi connectivity index (χ0v) is 11.1. The molecule has 0 unspecified atom stereocenters. The van der Waals surface area contributed by atoms with Crippen LogP contribution in [0.5, 0.6) is 0 Å². The minimum absolute atomic E-state index is 0.0316. The van der Waals surface area contributed by atoms with E-state index in [4.69, 9.17) is 0 Å². The lowest BCUT2D eigenvalue weighted by Crippen LogP contribution is -2.12. The highest BCUT2D eigenvalue weighted by Gasteiger charge is 2.02. The number of allylic oxidation sites excluding steroid dienone is 1. The number of carbonyl (C=O) groups excluding carboxylic acids is 2. The third-order valence-corrected chi connectivity index (χ3v) is 1.35. The number of rotatable bonds is 6. The van der Waals surface area contributed by atoms with E-state index in [2.05, 4.69) is 27.4 Å². The summed E-state index contributed by atoms with van der Waals surface area (Å²) in [5.74, 6) is -1.03. The Bertz CT molecular complexity index is 305. The molecule has 0 atom stereocenters. The number of carbonyl (C=O) groups is 2. The standard InChI is InChI=1S/C9H12O4.C4H8O/c1-4-8(10)12-5-6-13-9(11)7(2)3;1-3-4-5-2/h4H,1-2,5-6H2,3H3;3-4H,1-2H3/b;4-3+. The molecule has 0 N–H and O–H groups in total. The van der Waals surface area contributed by atoms with Crippen molar-refractivity contribution in [2.75, 3.05) is 20.3 Å². The molecule has 0 saturated heterocycles. The van der Waals surface area contributed by atoms with Crippen molar-refractivity contribution in [2.24, 2.45) is 0 Å². The Morgan fingerprint density at radius 1 is 1.22 bits per heavy atom. The molecule has 0 bridgehead atoms. The first-order valence-electron chi connectivity index (χ1n) is 5.25. The predicted molar refractivity (Wildman–Crippen MR) is 68.8 cm³/mol. The number of methoxy groups -OCH3 is 1. The molecule has 18 heavy (non-hydrogen) atoms. The average molecular weight is 256 g/mol. The smallest absolute Gasteiger partial charge is 0.333 e. The van der Waals surface area contributed by atoms with Gasteiger partial charge in [-0.25, -0.2) is 9.59 Å². The first-order valence-corrected chi connectivity index (χ1v) is 5.25. The second-order valence-corrected chi connectivity index (χ2v) is 2.99. The summed E-state index contributed by atoms with van der Waals surface area (Å²) in [6.07, 6.45) is 4.50. The lowest BCUT2D eigenvalue weighted by atomic mass is 10.4. The molecule has 0 fully saturated rings. The van der Waals surface area contributed by atoms with Crippen LogP contribution in [0.15, 0.2) is 37.1 Å². The minimum atomic E-state index is -0.536. The van der Waals surface area contributed by atoms with Gasteiger partial charge in [-0.1, -0.05) is 19.2 Å². The van der Waals surface area contributed by atoms with Gasteiger partial charge in [-0.15, -0.1) is 0 Å². The van der Waals surface area contributed by atoms with Gasteiger partial charge in [0.05, 0.1) is 13.4 Å². The van der Waals surface area contributed by atoms with Gasteiger partial charge in [-0.05, 0) is 13.8 Å². The van der Waals surface area contributed by atoms with Crippen LogP contribution in [0.4, 0.5) is 0 Å². The van der Waals surface area contributed by atoms with Gasteiger partial charge in [-0.2, -0.15) is 0 Å². The summed E-state index contributed by atoms with van der Waals surface area (Å²) in [5.41, 5.74) is 0.315. The van der Waals surface area contributed by atoms with Crippen LogP contribution in [-0.2, 0) is 23.8 Å². The lowest BCUT2D eigenvalue weighted by molar-refractivity contribution is -0.146. The maximum absolute atomic E-state index is 10.8. The van der Waals surface area contributed by atoms with Crippen LogP contribution >= 0.6 is 0 Å². The van der Waals surface area contributed by atoms with Crippen LogP contribution in [-0.4, -0.2) is 32.3 Å². The summed E-state index contributed by atoms with van der Waals surface area (Å²) in [6.45, 7) is 10.1. The van der Waals surface area contributed by atoms with Gasteiger partial charge in [0.2, 0.25) is 0 Å². The predicted octanol–water partition coefficient (Wildman–Crippen LogP) is 2.00. The summed E-state index contributed by atoms with van der Waals surface area (Å²) in [4.78, 5) is 21.3. The molecule has 0 radical (unpaired) electrons. The summed E-state index contributed by atoms with van der Waals surface area (Å²) in [7, 11) is 1.62. The highest BCUT2D eigenvalue weighted by Crippen LogP contribution is 1.91. The number of hydrogen-bond donors (Lipinski definition) is 0. The van der Waals surface area contributed by atoms with Crippen LogP contribution in [0.3, 0.4) is 0 Å². The van der Waals surface area contributed by atoms with Crippen molar-refractivity contribution in [2.45, 2.75) is 13.8 Å². The molecule has 0 heterocycles. The van der Waals surface area contributed by atoms with Crippen molar-refractivity contribution in [1.29, 1.82) is 0 Å². The van der Waals surface area contributed by atoms with Crippen molar-refractivity contribution in [3.05, 3.63) is 37.1 Å². The number of ether oxygens (including phenoxy) is 3. The van der Waals surface area contributed by atoms with Gasteiger partial charge in [0.1, 0.15) is 13.2 Å². The molecule has 0 amide bonds. The third kappa shape index (κ3) is 14.0. The van der Waals surface area contributed by atoms with Crippen LogP contribution in [0, 0.1) is 0 Å². The fourth-order valence-corrected chi connectivity index (χ4v) is 0.595. The molecular formula is C13H20O5. The molecule has 102 valence electrons. The van der Waals surface area contributed by atoms with Gasteiger partial charge in [-0.3, -0.25) is 0 Å². The van der Waals surface area contributed by atoms with Crippen LogP contribution in [0.25, 0.3) is 0 Å². The number of esters is 2. The Morgan fingerprint density at radius 2 is 1.78 bits per heavy atom. The molecule has 0 aromatic rings. The van der Waals surface area contributed by atoms with Crippen LogP contribution < -0.4 is 0 Å². The highest BCUT2D eigenvalue weighted by molar-refractivity contribution is 5.86. The van der Waals surface area contributed by atoms with E-state index in [0.29, 0.717) is 5.57 Å². The Labute approximate surface area is 108 Å². The van der Waals surface area contributed by atoms with Crippen LogP contribution in [0.1, 0.15) is 13.8 Å². The zero-order valence-electron chi connectivity index (χ0n) is 11.1. The van der Waals surface area contributed by atoms with Crippen molar-refractivity contribution >= 4 is 11.9 Å². The third-order valence-electron chi connectivity index (χ3n) is 1.35. The van der Waals surface area contributed by atoms with E-state index in [1.54, 1.807) is 13.4 Å². The Morgan fingerprint density at radius 3 is 2.11 bits per heavy atom. The topological polar surface area (TPSA) is 61.8 Å². The average Bonchev–Trinajstić information content (AvgIpc) is 2.35. The molecule has 0 aliphatic carbocycles. The Balaban J connectivity index is 0. The van der Waals surface area contributed by atoms with Crippen molar-refractivity contribution in [3.63, 3.8) is 0 Å². The molecule has 0 aliphatic heterocycles. The second kappa shape index (κ2) is 13.0. The zero-order chi connectivity index (χ0) is 14.4. The Hall–Kier alpha value is -2.04. The summed E-state index contributed by atoms with van der Waals surface area (Å²) >= 11 is 0. The van der Waals surface area contributed by atoms with E-state index in [1.165, 1.54) is 6.92 Å². The number of hydrogen-bond acceptors (Lipinski definition) is 5. The first-order chi connectivity index (χ1) is 8.49. The van der Waals surface area contributed by atoms with E-state index in [1.807, 2.05) is 13.0 Å².